The minimum Gasteiger partial charge on any atom is -0.359 e. The zero-order chi connectivity index (χ0) is 12.4. The Kier molecular flexibility index (Phi) is 2.72. The SMILES string of the molecule is Cc1cc(CNC2=NCc3ccccc3N2)on1. The van der Waals surface area contributed by atoms with E-state index in [0.717, 1.165) is 23.1 Å². The number of hydrogen-bond donors (Lipinski definition) is 2. The Bertz CT molecular complexity index is 588. The quantitative estimate of drug-likeness (QED) is 0.846. The third kappa shape index (κ3) is 2.20. The van der Waals surface area contributed by atoms with Crippen molar-refractivity contribution in [2.75, 3.05) is 5.32 Å². The highest BCUT2D eigenvalue weighted by Gasteiger charge is 2.10. The van der Waals surface area contributed by atoms with Crippen molar-refractivity contribution in [2.24, 2.45) is 4.99 Å². The Labute approximate surface area is 105 Å². The average Bonchev–Trinajstić information content (AvgIpc) is 2.82. The molecule has 1 aromatic carbocycles. The first-order valence-corrected chi connectivity index (χ1v) is 5.87. The molecular weight excluding hydrogens is 228 g/mol. The van der Waals surface area contributed by atoms with E-state index in [1.54, 1.807) is 0 Å². The normalized spacial score (nSPS) is 13.5. The Morgan fingerprint density at radius 2 is 2.28 bits per heavy atom. The smallest absolute Gasteiger partial charge is 0.196 e. The van der Waals surface area contributed by atoms with E-state index in [1.165, 1.54) is 5.56 Å². The maximum atomic E-state index is 5.13. The summed E-state index contributed by atoms with van der Waals surface area (Å²) in [6, 6.07) is 10.1. The number of hydrogen-bond acceptors (Lipinski definition) is 5. The maximum Gasteiger partial charge on any atom is 0.196 e. The summed E-state index contributed by atoms with van der Waals surface area (Å²) < 4.78 is 5.13. The minimum atomic E-state index is 0.578. The Morgan fingerprint density at radius 3 is 3.11 bits per heavy atom. The molecule has 18 heavy (non-hydrogen) atoms. The molecule has 0 aliphatic carbocycles. The number of nitrogens with one attached hydrogen (secondary N) is 2. The van der Waals surface area contributed by atoms with E-state index in [1.807, 2.05) is 31.2 Å². The number of rotatable bonds is 2. The summed E-state index contributed by atoms with van der Waals surface area (Å²) >= 11 is 0. The molecule has 0 amide bonds. The van der Waals surface area contributed by atoms with Gasteiger partial charge in [-0.15, -0.1) is 0 Å². The van der Waals surface area contributed by atoms with Crippen LogP contribution in [0, 0.1) is 6.92 Å². The van der Waals surface area contributed by atoms with Crippen LogP contribution < -0.4 is 10.6 Å². The Hall–Kier alpha value is -2.30. The largest absolute Gasteiger partial charge is 0.359 e. The van der Waals surface area contributed by atoms with Crippen molar-refractivity contribution in [3.8, 4) is 0 Å². The van der Waals surface area contributed by atoms with Gasteiger partial charge in [-0.1, -0.05) is 23.4 Å². The lowest BCUT2D eigenvalue weighted by atomic mass is 10.1. The molecule has 1 aromatic heterocycles. The van der Waals surface area contributed by atoms with E-state index in [2.05, 4.69) is 26.8 Å². The van der Waals surface area contributed by atoms with E-state index < -0.39 is 0 Å². The zero-order valence-corrected chi connectivity index (χ0v) is 10.1. The summed E-state index contributed by atoms with van der Waals surface area (Å²) in [7, 11) is 0. The number of aromatic nitrogens is 1. The number of para-hydroxylation sites is 1. The molecule has 0 radical (unpaired) electrons. The molecule has 0 atom stereocenters. The standard InChI is InChI=1S/C13H14N4O/c1-9-6-11(18-17-9)8-15-13-14-7-10-4-2-3-5-12(10)16-13/h2-6H,7-8H2,1H3,(H2,14,15,16). The van der Waals surface area contributed by atoms with Crippen LogP contribution in [0.25, 0.3) is 0 Å². The van der Waals surface area contributed by atoms with Gasteiger partial charge in [-0.3, -0.25) is 0 Å². The van der Waals surface area contributed by atoms with Gasteiger partial charge in [0.2, 0.25) is 0 Å². The van der Waals surface area contributed by atoms with Crippen molar-refractivity contribution in [1.29, 1.82) is 0 Å². The first kappa shape index (κ1) is 10.8. The predicted molar refractivity (Wildman–Crippen MR) is 69.3 cm³/mol. The highest BCUT2D eigenvalue weighted by Crippen LogP contribution is 2.19. The van der Waals surface area contributed by atoms with Gasteiger partial charge in [-0.2, -0.15) is 0 Å². The minimum absolute atomic E-state index is 0.578. The molecule has 0 saturated heterocycles. The van der Waals surface area contributed by atoms with Crippen LogP contribution in [-0.2, 0) is 13.1 Å². The van der Waals surface area contributed by atoms with Crippen molar-refractivity contribution in [3.63, 3.8) is 0 Å². The topological polar surface area (TPSA) is 62.5 Å². The van der Waals surface area contributed by atoms with E-state index in [9.17, 15) is 0 Å². The predicted octanol–water partition coefficient (Wildman–Crippen LogP) is 2.05. The number of anilines is 1. The molecule has 2 N–H and O–H groups in total. The monoisotopic (exact) mass is 242 g/mol. The number of guanidine groups is 1. The second-order valence-corrected chi connectivity index (χ2v) is 4.24. The first-order valence-electron chi connectivity index (χ1n) is 5.87. The number of benzene rings is 1. The van der Waals surface area contributed by atoms with Gasteiger partial charge in [0.15, 0.2) is 11.7 Å². The average molecular weight is 242 g/mol. The number of fused-ring (bicyclic) bond motifs is 1. The molecule has 0 saturated carbocycles. The van der Waals surface area contributed by atoms with Crippen LogP contribution in [0.5, 0.6) is 0 Å². The van der Waals surface area contributed by atoms with Crippen LogP contribution in [0.2, 0.25) is 0 Å². The first-order chi connectivity index (χ1) is 8.81. The van der Waals surface area contributed by atoms with Crippen molar-refractivity contribution < 1.29 is 4.52 Å². The fourth-order valence-electron chi connectivity index (χ4n) is 1.88. The fraction of sp³-hybridized carbons (Fsp3) is 0.231. The maximum absolute atomic E-state index is 5.13. The number of aryl methyl sites for hydroxylation is 1. The van der Waals surface area contributed by atoms with Crippen LogP contribution in [0.3, 0.4) is 0 Å². The third-order valence-corrected chi connectivity index (χ3v) is 2.78. The van der Waals surface area contributed by atoms with Crippen molar-refractivity contribution >= 4 is 11.6 Å². The van der Waals surface area contributed by atoms with Crippen molar-refractivity contribution in [2.45, 2.75) is 20.0 Å². The molecule has 0 unspecified atom stereocenters. The molecule has 0 fully saturated rings. The molecule has 0 bridgehead atoms. The summed E-state index contributed by atoms with van der Waals surface area (Å²) in [5, 5.41) is 10.3. The van der Waals surface area contributed by atoms with Crippen molar-refractivity contribution in [1.82, 2.24) is 10.5 Å². The summed E-state index contributed by atoms with van der Waals surface area (Å²) in [6.45, 7) is 3.18. The van der Waals surface area contributed by atoms with Gasteiger partial charge in [-0.25, -0.2) is 4.99 Å². The summed E-state index contributed by atoms with van der Waals surface area (Å²) in [4.78, 5) is 4.43. The molecule has 0 spiro atoms. The fourth-order valence-corrected chi connectivity index (χ4v) is 1.88. The van der Waals surface area contributed by atoms with Crippen LogP contribution in [0.4, 0.5) is 5.69 Å². The second-order valence-electron chi connectivity index (χ2n) is 4.24. The Morgan fingerprint density at radius 1 is 1.39 bits per heavy atom. The number of nitrogens with zero attached hydrogens (tertiary/aromatic N) is 2. The molecule has 3 rings (SSSR count). The zero-order valence-electron chi connectivity index (χ0n) is 10.1. The lowest BCUT2D eigenvalue weighted by Gasteiger charge is -2.18. The van der Waals surface area contributed by atoms with E-state index in [-0.39, 0.29) is 0 Å². The van der Waals surface area contributed by atoms with Gasteiger partial charge < -0.3 is 15.2 Å². The van der Waals surface area contributed by atoms with Crippen molar-refractivity contribution in [3.05, 3.63) is 47.3 Å². The van der Waals surface area contributed by atoms with Gasteiger partial charge in [0.25, 0.3) is 0 Å². The highest BCUT2D eigenvalue weighted by molar-refractivity contribution is 5.95. The van der Waals surface area contributed by atoms with Gasteiger partial charge >= 0.3 is 0 Å². The molecule has 1 aliphatic heterocycles. The lowest BCUT2D eigenvalue weighted by molar-refractivity contribution is 0.377. The Balaban J connectivity index is 1.64. The summed E-state index contributed by atoms with van der Waals surface area (Å²) in [6.07, 6.45) is 0. The summed E-state index contributed by atoms with van der Waals surface area (Å²) in [5.41, 5.74) is 3.19. The third-order valence-electron chi connectivity index (χ3n) is 2.78. The lowest BCUT2D eigenvalue weighted by Crippen LogP contribution is -2.32. The summed E-state index contributed by atoms with van der Waals surface area (Å²) in [5.74, 6) is 1.57. The van der Waals surface area contributed by atoms with Crippen LogP contribution in [0.1, 0.15) is 17.0 Å². The molecule has 2 heterocycles. The second kappa shape index (κ2) is 4.52. The molecule has 5 nitrogen and oxygen atoms in total. The van der Waals surface area contributed by atoms with Crippen LogP contribution in [-0.4, -0.2) is 11.1 Å². The van der Waals surface area contributed by atoms with Gasteiger partial charge in [0, 0.05) is 11.8 Å². The molecule has 5 heteroatoms. The van der Waals surface area contributed by atoms with Gasteiger partial charge in [0.1, 0.15) is 0 Å². The van der Waals surface area contributed by atoms with Crippen LogP contribution in [0.15, 0.2) is 39.8 Å². The molecular formula is C13H14N4O. The van der Waals surface area contributed by atoms with E-state index in [4.69, 9.17) is 4.52 Å². The van der Waals surface area contributed by atoms with E-state index >= 15 is 0 Å². The van der Waals surface area contributed by atoms with Gasteiger partial charge in [0.05, 0.1) is 18.8 Å². The highest BCUT2D eigenvalue weighted by atomic mass is 16.5. The molecule has 92 valence electrons. The van der Waals surface area contributed by atoms with Gasteiger partial charge in [-0.05, 0) is 18.6 Å². The molecule has 1 aliphatic rings. The number of aliphatic imine (C=N–C) groups is 1. The molecule has 2 aromatic rings. The van der Waals surface area contributed by atoms with Crippen LogP contribution >= 0.6 is 0 Å². The van der Waals surface area contributed by atoms with E-state index in [0.29, 0.717) is 13.1 Å².